The summed E-state index contributed by atoms with van der Waals surface area (Å²) in [6, 6.07) is 11.7. The second-order valence-electron chi connectivity index (χ2n) is 6.08. The molecule has 0 atom stereocenters. The Labute approximate surface area is 152 Å². The van der Waals surface area contributed by atoms with Gasteiger partial charge in [0.25, 0.3) is 0 Å². The molecule has 0 bridgehead atoms. The van der Waals surface area contributed by atoms with Gasteiger partial charge in [-0.25, -0.2) is 0 Å². The Bertz CT molecular complexity index is 882. The van der Waals surface area contributed by atoms with Crippen LogP contribution < -0.4 is 15.5 Å². The average molecular weight is 357 g/mol. The van der Waals surface area contributed by atoms with E-state index in [1.165, 1.54) is 7.11 Å². The number of methoxy groups -OCH3 is 1. The zero-order valence-electron chi connectivity index (χ0n) is 14.4. The van der Waals surface area contributed by atoms with E-state index >= 15 is 0 Å². The highest BCUT2D eigenvalue weighted by molar-refractivity contribution is 6.29. The van der Waals surface area contributed by atoms with Crippen molar-refractivity contribution in [1.82, 2.24) is 4.57 Å². The van der Waals surface area contributed by atoms with Crippen LogP contribution in [0.1, 0.15) is 25.3 Å². The highest BCUT2D eigenvalue weighted by Gasteiger charge is 2.13. The van der Waals surface area contributed by atoms with Crippen LogP contribution in [-0.2, 0) is 6.54 Å². The van der Waals surface area contributed by atoms with Crippen LogP contribution in [0.25, 0.3) is 0 Å². The maximum atomic E-state index is 12.2. The van der Waals surface area contributed by atoms with E-state index in [9.17, 15) is 4.79 Å². The molecule has 0 amide bonds. The molecule has 5 heteroatoms. The number of nitrogens with zero attached hydrogens (tertiary/aromatic N) is 1. The smallest absolute Gasteiger partial charge is 0.225 e. The molecule has 0 spiro atoms. The predicted octanol–water partition coefficient (Wildman–Crippen LogP) is 4.51. The normalized spacial score (nSPS) is 14.3. The van der Waals surface area contributed by atoms with Gasteiger partial charge >= 0.3 is 0 Å². The quantitative estimate of drug-likeness (QED) is 0.857. The van der Waals surface area contributed by atoms with Crippen molar-refractivity contribution in [3.63, 3.8) is 0 Å². The number of aromatic nitrogens is 1. The van der Waals surface area contributed by atoms with Gasteiger partial charge in [0.15, 0.2) is 5.75 Å². The highest BCUT2D eigenvalue weighted by Crippen LogP contribution is 2.27. The molecule has 1 aromatic heterocycles. The third-order valence-corrected chi connectivity index (χ3v) is 4.55. The number of allylic oxidation sites excluding steroid dienone is 4. The third kappa shape index (κ3) is 4.15. The topological polar surface area (TPSA) is 43.3 Å². The zero-order valence-corrected chi connectivity index (χ0v) is 15.1. The monoisotopic (exact) mass is 356 g/mol. The Morgan fingerprint density at radius 3 is 2.68 bits per heavy atom. The van der Waals surface area contributed by atoms with E-state index in [1.807, 2.05) is 35.8 Å². The lowest BCUT2D eigenvalue weighted by Gasteiger charge is -2.21. The molecule has 0 saturated heterocycles. The van der Waals surface area contributed by atoms with Gasteiger partial charge in [-0.3, -0.25) is 4.79 Å². The van der Waals surface area contributed by atoms with Crippen LogP contribution in [0.15, 0.2) is 69.8 Å². The Morgan fingerprint density at radius 1 is 1.24 bits per heavy atom. The summed E-state index contributed by atoms with van der Waals surface area (Å²) in [5.41, 5.74) is 3.17. The fraction of sp³-hybridized carbons (Fsp3) is 0.250. The lowest BCUT2D eigenvalue weighted by Crippen LogP contribution is -2.17. The molecule has 1 N–H and O–H groups in total. The second kappa shape index (κ2) is 7.62. The summed E-state index contributed by atoms with van der Waals surface area (Å²) in [6.45, 7) is 2.66. The Morgan fingerprint density at radius 2 is 2.00 bits per heavy atom. The lowest BCUT2D eigenvalue weighted by molar-refractivity contribution is 0.406. The molecule has 2 aromatic rings. The summed E-state index contributed by atoms with van der Waals surface area (Å²) in [4.78, 5) is 12.2. The molecule has 25 heavy (non-hydrogen) atoms. The van der Waals surface area contributed by atoms with Crippen molar-refractivity contribution < 1.29 is 4.74 Å². The molecule has 0 radical (unpaired) electrons. The van der Waals surface area contributed by atoms with Gasteiger partial charge in [-0.05, 0) is 37.0 Å². The highest BCUT2D eigenvalue weighted by atomic mass is 35.5. The largest absolute Gasteiger partial charge is 0.491 e. The van der Waals surface area contributed by atoms with Crippen molar-refractivity contribution in [2.45, 2.75) is 26.3 Å². The molecular formula is C20H21ClN2O2. The van der Waals surface area contributed by atoms with E-state index in [-0.39, 0.29) is 5.43 Å². The van der Waals surface area contributed by atoms with Crippen LogP contribution >= 0.6 is 11.6 Å². The molecule has 1 aliphatic carbocycles. The Hall–Kier alpha value is -2.46. The van der Waals surface area contributed by atoms with Crippen LogP contribution in [0.3, 0.4) is 0 Å². The summed E-state index contributed by atoms with van der Waals surface area (Å²) in [5, 5.41) is 4.28. The minimum atomic E-state index is -0.142. The molecule has 0 aliphatic heterocycles. The van der Waals surface area contributed by atoms with Gasteiger partial charge < -0.3 is 14.6 Å². The molecule has 0 fully saturated rings. The minimum Gasteiger partial charge on any atom is -0.491 e. The van der Waals surface area contributed by atoms with Gasteiger partial charge in [0.2, 0.25) is 5.43 Å². The van der Waals surface area contributed by atoms with Crippen LogP contribution in [0.4, 0.5) is 5.82 Å². The van der Waals surface area contributed by atoms with Gasteiger partial charge in [-0.1, -0.05) is 41.9 Å². The van der Waals surface area contributed by atoms with E-state index in [0.717, 1.165) is 40.5 Å². The maximum Gasteiger partial charge on any atom is 0.225 e. The van der Waals surface area contributed by atoms with Crippen molar-refractivity contribution in [1.29, 1.82) is 0 Å². The van der Waals surface area contributed by atoms with Crippen molar-refractivity contribution >= 4 is 17.4 Å². The van der Waals surface area contributed by atoms with E-state index in [0.29, 0.717) is 12.3 Å². The van der Waals surface area contributed by atoms with Crippen LogP contribution in [0, 0.1) is 0 Å². The van der Waals surface area contributed by atoms with Crippen molar-refractivity contribution in [3.8, 4) is 5.75 Å². The molecule has 1 heterocycles. The van der Waals surface area contributed by atoms with Crippen molar-refractivity contribution in [2.24, 2.45) is 0 Å². The van der Waals surface area contributed by atoms with E-state index in [4.69, 9.17) is 16.3 Å². The number of hydrogen-bond donors (Lipinski definition) is 1. The van der Waals surface area contributed by atoms with Crippen LogP contribution in [0.5, 0.6) is 5.75 Å². The first-order chi connectivity index (χ1) is 12.1. The third-order valence-electron chi connectivity index (χ3n) is 4.25. The number of benzene rings is 1. The lowest BCUT2D eigenvalue weighted by atomic mass is 10.0. The van der Waals surface area contributed by atoms with Crippen molar-refractivity contribution in [2.75, 3.05) is 12.4 Å². The number of anilines is 1. The zero-order chi connectivity index (χ0) is 17.8. The Balaban J connectivity index is 1.98. The molecule has 0 saturated carbocycles. The summed E-state index contributed by atoms with van der Waals surface area (Å²) in [7, 11) is 1.51. The average Bonchev–Trinajstić information content (AvgIpc) is 2.60. The van der Waals surface area contributed by atoms with Crippen LogP contribution in [-0.4, -0.2) is 11.7 Å². The number of halogens is 1. The first-order valence-electron chi connectivity index (χ1n) is 8.22. The number of rotatable bonds is 5. The predicted molar refractivity (Wildman–Crippen MR) is 102 cm³/mol. The van der Waals surface area contributed by atoms with E-state index in [2.05, 4.69) is 17.4 Å². The van der Waals surface area contributed by atoms with Gasteiger partial charge in [-0.2, -0.15) is 0 Å². The van der Waals surface area contributed by atoms with Gasteiger partial charge in [0, 0.05) is 23.3 Å². The number of nitrogens with one attached hydrogen (secondary N) is 1. The minimum absolute atomic E-state index is 0.142. The number of pyridine rings is 1. The molecule has 4 nitrogen and oxygen atoms in total. The fourth-order valence-electron chi connectivity index (χ4n) is 2.88. The first-order valence-corrected chi connectivity index (χ1v) is 8.60. The summed E-state index contributed by atoms with van der Waals surface area (Å²) in [5.74, 6) is 1.08. The van der Waals surface area contributed by atoms with Gasteiger partial charge in [0.05, 0.1) is 13.3 Å². The molecule has 1 aliphatic rings. The summed E-state index contributed by atoms with van der Waals surface area (Å²) in [6.07, 6.45) is 5.35. The van der Waals surface area contributed by atoms with Crippen LogP contribution in [0.2, 0.25) is 0 Å². The standard InChI is InChI=1S/C20H21ClN2O2/c1-14-10-16(21)8-9-17(14)22-20-11-18(24)19(25-2)13-23(20)12-15-6-4-3-5-7-15/h3-7,10-11,13,22H,8-9,12H2,1-2H3. The number of hydrogen-bond acceptors (Lipinski definition) is 3. The summed E-state index contributed by atoms with van der Waals surface area (Å²) < 4.78 is 7.20. The first kappa shape index (κ1) is 17.4. The molecule has 1 aromatic carbocycles. The van der Waals surface area contributed by atoms with Gasteiger partial charge in [0.1, 0.15) is 5.82 Å². The molecular weight excluding hydrogens is 336 g/mol. The fourth-order valence-corrected chi connectivity index (χ4v) is 3.13. The number of ether oxygens (including phenoxy) is 1. The second-order valence-corrected chi connectivity index (χ2v) is 6.57. The van der Waals surface area contributed by atoms with E-state index in [1.54, 1.807) is 12.3 Å². The molecule has 3 rings (SSSR count). The van der Waals surface area contributed by atoms with E-state index < -0.39 is 0 Å². The summed E-state index contributed by atoms with van der Waals surface area (Å²) >= 11 is 6.11. The van der Waals surface area contributed by atoms with Crippen molar-refractivity contribution in [3.05, 3.63) is 80.8 Å². The Kier molecular flexibility index (Phi) is 5.29. The molecule has 0 unspecified atom stereocenters. The van der Waals surface area contributed by atoms with Gasteiger partial charge in [-0.15, -0.1) is 0 Å². The molecule has 130 valence electrons. The maximum absolute atomic E-state index is 12.2. The SMILES string of the molecule is COc1cn(Cc2ccccc2)c(NC2=C(C)C=C(Cl)CC2)cc1=O.